The topological polar surface area (TPSA) is 30.5 Å². The molecule has 106 valence electrons. The summed E-state index contributed by atoms with van der Waals surface area (Å²) in [5.74, 6) is 2.16. The molecule has 0 saturated heterocycles. The van der Waals surface area contributed by atoms with Crippen molar-refractivity contribution in [3.05, 3.63) is 53.1 Å². The van der Waals surface area contributed by atoms with E-state index in [1.165, 1.54) is 0 Å². The molecule has 0 fully saturated rings. The second-order valence-electron chi connectivity index (χ2n) is 4.48. The molecule has 2 aromatic rings. The van der Waals surface area contributed by atoms with Crippen molar-refractivity contribution in [1.82, 2.24) is 5.32 Å². The Kier molecular flexibility index (Phi) is 4.88. The summed E-state index contributed by atoms with van der Waals surface area (Å²) in [6.07, 6.45) is 0. The smallest absolute Gasteiger partial charge is 0.146 e. The molecule has 0 amide bonds. The summed E-state index contributed by atoms with van der Waals surface area (Å²) < 4.78 is 10.9. The van der Waals surface area contributed by atoms with E-state index in [4.69, 9.17) is 21.1 Å². The molecule has 0 spiro atoms. The lowest BCUT2D eigenvalue weighted by Gasteiger charge is -2.13. The summed E-state index contributed by atoms with van der Waals surface area (Å²) in [6.45, 7) is 2.08. The highest BCUT2D eigenvalue weighted by atomic mass is 35.5. The van der Waals surface area contributed by atoms with E-state index < -0.39 is 0 Å². The summed E-state index contributed by atoms with van der Waals surface area (Å²) in [5, 5.41) is 3.77. The SMILES string of the molecule is CNC(C)c1ccc(Oc2ccc(OC)cc2)c(Cl)c1. The third kappa shape index (κ3) is 3.44. The molecule has 0 aliphatic rings. The Labute approximate surface area is 124 Å². The zero-order valence-corrected chi connectivity index (χ0v) is 12.6. The average Bonchev–Trinajstić information content (AvgIpc) is 2.49. The molecule has 0 saturated carbocycles. The van der Waals surface area contributed by atoms with Crippen LogP contribution in [0.3, 0.4) is 0 Å². The predicted molar refractivity (Wildman–Crippen MR) is 82.0 cm³/mol. The van der Waals surface area contributed by atoms with Crippen molar-refractivity contribution < 1.29 is 9.47 Å². The minimum atomic E-state index is 0.252. The Balaban J connectivity index is 2.16. The minimum Gasteiger partial charge on any atom is -0.497 e. The van der Waals surface area contributed by atoms with Crippen LogP contribution in [0.4, 0.5) is 0 Å². The summed E-state index contributed by atoms with van der Waals surface area (Å²) in [7, 11) is 3.55. The van der Waals surface area contributed by atoms with Gasteiger partial charge in [0.25, 0.3) is 0 Å². The Morgan fingerprint density at radius 3 is 2.25 bits per heavy atom. The molecule has 1 unspecified atom stereocenters. The Hall–Kier alpha value is -1.71. The maximum Gasteiger partial charge on any atom is 0.146 e. The summed E-state index contributed by atoms with van der Waals surface area (Å²) >= 11 is 6.26. The van der Waals surface area contributed by atoms with Gasteiger partial charge in [-0.05, 0) is 55.9 Å². The van der Waals surface area contributed by atoms with Crippen LogP contribution in [-0.2, 0) is 0 Å². The molecular weight excluding hydrogens is 274 g/mol. The molecule has 2 rings (SSSR count). The third-order valence-corrected chi connectivity index (χ3v) is 3.47. The van der Waals surface area contributed by atoms with Gasteiger partial charge in [0.1, 0.15) is 17.2 Å². The van der Waals surface area contributed by atoms with E-state index in [9.17, 15) is 0 Å². The molecule has 2 aromatic carbocycles. The van der Waals surface area contributed by atoms with Crippen LogP contribution in [0.25, 0.3) is 0 Å². The molecule has 0 bridgehead atoms. The molecular formula is C16H18ClNO2. The number of benzene rings is 2. The van der Waals surface area contributed by atoms with Gasteiger partial charge < -0.3 is 14.8 Å². The Bertz CT molecular complexity index is 569. The van der Waals surface area contributed by atoms with Crippen molar-refractivity contribution in [1.29, 1.82) is 0 Å². The molecule has 3 nitrogen and oxygen atoms in total. The van der Waals surface area contributed by atoms with Gasteiger partial charge >= 0.3 is 0 Å². The van der Waals surface area contributed by atoms with Crippen LogP contribution >= 0.6 is 11.6 Å². The highest BCUT2D eigenvalue weighted by molar-refractivity contribution is 6.32. The first-order valence-electron chi connectivity index (χ1n) is 6.42. The normalized spacial score (nSPS) is 12.0. The fraction of sp³-hybridized carbons (Fsp3) is 0.250. The third-order valence-electron chi connectivity index (χ3n) is 3.18. The van der Waals surface area contributed by atoms with Gasteiger partial charge in [-0.3, -0.25) is 0 Å². The van der Waals surface area contributed by atoms with E-state index in [-0.39, 0.29) is 6.04 Å². The number of hydrogen-bond donors (Lipinski definition) is 1. The number of methoxy groups -OCH3 is 1. The van der Waals surface area contributed by atoms with Crippen LogP contribution in [0, 0.1) is 0 Å². The van der Waals surface area contributed by atoms with E-state index in [1.807, 2.05) is 49.5 Å². The maximum atomic E-state index is 6.26. The van der Waals surface area contributed by atoms with Gasteiger partial charge in [-0.25, -0.2) is 0 Å². The maximum absolute atomic E-state index is 6.26. The van der Waals surface area contributed by atoms with Crippen molar-refractivity contribution >= 4 is 11.6 Å². The first-order chi connectivity index (χ1) is 9.63. The highest BCUT2D eigenvalue weighted by Gasteiger charge is 2.08. The van der Waals surface area contributed by atoms with Gasteiger partial charge in [-0.15, -0.1) is 0 Å². The molecule has 0 heterocycles. The number of hydrogen-bond acceptors (Lipinski definition) is 3. The van der Waals surface area contributed by atoms with Gasteiger partial charge in [0.05, 0.1) is 12.1 Å². The van der Waals surface area contributed by atoms with Gasteiger partial charge in [0, 0.05) is 6.04 Å². The minimum absolute atomic E-state index is 0.252. The fourth-order valence-electron chi connectivity index (χ4n) is 1.81. The van der Waals surface area contributed by atoms with E-state index in [0.717, 1.165) is 17.1 Å². The summed E-state index contributed by atoms with van der Waals surface area (Å²) in [6, 6.07) is 13.4. The first-order valence-corrected chi connectivity index (χ1v) is 6.80. The van der Waals surface area contributed by atoms with E-state index in [0.29, 0.717) is 10.8 Å². The molecule has 0 aliphatic carbocycles. The van der Waals surface area contributed by atoms with Gasteiger partial charge in [0.2, 0.25) is 0 Å². The standard InChI is InChI=1S/C16H18ClNO2/c1-11(18-2)12-4-9-16(15(17)10-12)20-14-7-5-13(19-3)6-8-14/h4-11,18H,1-3H3. The number of rotatable bonds is 5. The predicted octanol–water partition coefficient (Wildman–Crippen LogP) is 4.42. The lowest BCUT2D eigenvalue weighted by molar-refractivity contribution is 0.413. The van der Waals surface area contributed by atoms with Crippen molar-refractivity contribution in [3.8, 4) is 17.2 Å². The lowest BCUT2D eigenvalue weighted by Crippen LogP contribution is -2.12. The molecule has 1 atom stereocenters. The zero-order valence-electron chi connectivity index (χ0n) is 11.8. The summed E-state index contributed by atoms with van der Waals surface area (Å²) in [5.41, 5.74) is 1.12. The van der Waals surface area contributed by atoms with Crippen molar-refractivity contribution in [3.63, 3.8) is 0 Å². The van der Waals surface area contributed by atoms with Crippen LogP contribution in [0.15, 0.2) is 42.5 Å². The van der Waals surface area contributed by atoms with E-state index in [2.05, 4.69) is 12.2 Å². The Morgan fingerprint density at radius 1 is 1.05 bits per heavy atom. The van der Waals surface area contributed by atoms with Crippen molar-refractivity contribution in [2.45, 2.75) is 13.0 Å². The molecule has 20 heavy (non-hydrogen) atoms. The van der Waals surface area contributed by atoms with Gasteiger partial charge in [-0.1, -0.05) is 17.7 Å². The number of nitrogens with one attached hydrogen (secondary N) is 1. The second kappa shape index (κ2) is 6.64. The van der Waals surface area contributed by atoms with E-state index >= 15 is 0 Å². The van der Waals surface area contributed by atoms with Crippen molar-refractivity contribution in [2.24, 2.45) is 0 Å². The van der Waals surface area contributed by atoms with Crippen LogP contribution in [0.1, 0.15) is 18.5 Å². The molecule has 4 heteroatoms. The number of ether oxygens (including phenoxy) is 2. The highest BCUT2D eigenvalue weighted by Crippen LogP contribution is 2.32. The summed E-state index contributed by atoms with van der Waals surface area (Å²) in [4.78, 5) is 0. The molecule has 0 aliphatic heterocycles. The lowest BCUT2D eigenvalue weighted by atomic mass is 10.1. The molecule has 0 aromatic heterocycles. The zero-order chi connectivity index (χ0) is 14.5. The van der Waals surface area contributed by atoms with Gasteiger partial charge in [0.15, 0.2) is 0 Å². The monoisotopic (exact) mass is 291 g/mol. The van der Waals surface area contributed by atoms with Crippen molar-refractivity contribution in [2.75, 3.05) is 14.2 Å². The molecule has 0 radical (unpaired) electrons. The van der Waals surface area contributed by atoms with Crippen LogP contribution < -0.4 is 14.8 Å². The van der Waals surface area contributed by atoms with Crippen LogP contribution in [0.5, 0.6) is 17.2 Å². The fourth-order valence-corrected chi connectivity index (χ4v) is 2.03. The second-order valence-corrected chi connectivity index (χ2v) is 4.89. The largest absolute Gasteiger partial charge is 0.497 e. The number of halogens is 1. The first kappa shape index (κ1) is 14.7. The molecule has 1 N–H and O–H groups in total. The van der Waals surface area contributed by atoms with E-state index in [1.54, 1.807) is 7.11 Å². The van der Waals surface area contributed by atoms with Crippen LogP contribution in [-0.4, -0.2) is 14.2 Å². The Morgan fingerprint density at radius 2 is 1.70 bits per heavy atom. The average molecular weight is 292 g/mol. The van der Waals surface area contributed by atoms with Gasteiger partial charge in [-0.2, -0.15) is 0 Å². The van der Waals surface area contributed by atoms with Crippen LogP contribution in [0.2, 0.25) is 5.02 Å². The quantitative estimate of drug-likeness (QED) is 0.884.